The fourth-order valence-electron chi connectivity index (χ4n) is 1.92. The Hall–Kier alpha value is -1.96. The van der Waals surface area contributed by atoms with Crippen LogP contribution in [0.15, 0.2) is 24.3 Å². The van der Waals surface area contributed by atoms with Crippen LogP contribution in [0, 0.1) is 0 Å². The monoisotopic (exact) mass is 279 g/mol. The molecule has 1 heterocycles. The fourth-order valence-corrected chi connectivity index (χ4v) is 1.92. The normalized spacial score (nSPS) is 11.2. The summed E-state index contributed by atoms with van der Waals surface area (Å²) >= 11 is 0. The van der Waals surface area contributed by atoms with E-state index < -0.39 is 11.9 Å². The van der Waals surface area contributed by atoms with E-state index in [-0.39, 0.29) is 25.6 Å². The Bertz CT molecular complexity index is 592. The molecule has 20 heavy (non-hydrogen) atoms. The summed E-state index contributed by atoms with van der Waals surface area (Å²) in [7, 11) is 1.55. The van der Waals surface area contributed by atoms with Gasteiger partial charge in [0.05, 0.1) is 24.8 Å². The molecule has 0 atom stereocenters. The topological polar surface area (TPSA) is 96.6 Å². The van der Waals surface area contributed by atoms with E-state index in [9.17, 15) is 4.79 Å². The van der Waals surface area contributed by atoms with Crippen LogP contribution < -0.4 is 5.32 Å². The van der Waals surface area contributed by atoms with Crippen molar-refractivity contribution in [2.24, 2.45) is 0 Å². The largest absolute Gasteiger partial charge is 0.394 e. The zero-order valence-electron chi connectivity index (χ0n) is 11.1. The third-order valence-electron chi connectivity index (χ3n) is 2.90. The molecule has 3 N–H and O–H groups in total. The first-order valence-electron chi connectivity index (χ1n) is 6.18. The van der Waals surface area contributed by atoms with Gasteiger partial charge in [-0.3, -0.25) is 4.79 Å². The molecule has 2 rings (SSSR count). The van der Waals surface area contributed by atoms with Crippen molar-refractivity contribution >= 4 is 16.8 Å². The number of nitrogens with zero attached hydrogens (tertiary/aromatic N) is 2. The minimum Gasteiger partial charge on any atom is -0.394 e. The second kappa shape index (κ2) is 6.47. The molecule has 0 bridgehead atoms. The maximum Gasteiger partial charge on any atom is 0.272 e. The number of aromatic nitrogens is 2. The van der Waals surface area contributed by atoms with Crippen LogP contribution in [-0.4, -0.2) is 52.3 Å². The van der Waals surface area contributed by atoms with Crippen molar-refractivity contribution in [1.82, 2.24) is 15.1 Å². The lowest BCUT2D eigenvalue weighted by Crippen LogP contribution is -2.40. The summed E-state index contributed by atoms with van der Waals surface area (Å²) in [5.74, 6) is -0.441. The molecule has 7 heteroatoms. The summed E-state index contributed by atoms with van der Waals surface area (Å²) in [5.41, 5.74) is 1.02. The van der Waals surface area contributed by atoms with Crippen LogP contribution in [0.5, 0.6) is 0 Å². The van der Waals surface area contributed by atoms with Gasteiger partial charge in [-0.05, 0) is 6.07 Å². The molecule has 0 aliphatic heterocycles. The standard InChI is InChI=1S/C13H17N3O4/c1-20-8-16-11-5-3-2-4-10(11)12(15-16)13(19)14-9(6-17)7-18/h2-5,9,17-18H,6-8H2,1H3,(H,14,19). The van der Waals surface area contributed by atoms with Crippen LogP contribution in [0.1, 0.15) is 10.5 Å². The second-order valence-corrected chi connectivity index (χ2v) is 4.32. The molecule has 0 unspecified atom stereocenters. The van der Waals surface area contributed by atoms with E-state index in [1.54, 1.807) is 17.9 Å². The van der Waals surface area contributed by atoms with Gasteiger partial charge in [0.1, 0.15) is 6.73 Å². The summed E-state index contributed by atoms with van der Waals surface area (Å²) in [6.45, 7) is -0.435. The van der Waals surface area contributed by atoms with Gasteiger partial charge in [-0.25, -0.2) is 4.68 Å². The van der Waals surface area contributed by atoms with E-state index in [0.29, 0.717) is 5.39 Å². The first-order chi connectivity index (χ1) is 9.71. The van der Waals surface area contributed by atoms with Crippen LogP contribution in [-0.2, 0) is 11.5 Å². The van der Waals surface area contributed by atoms with E-state index in [0.717, 1.165) is 5.52 Å². The van der Waals surface area contributed by atoms with Crippen LogP contribution >= 0.6 is 0 Å². The van der Waals surface area contributed by atoms with Gasteiger partial charge in [0.2, 0.25) is 0 Å². The van der Waals surface area contributed by atoms with Crippen molar-refractivity contribution in [3.63, 3.8) is 0 Å². The molecule has 0 saturated heterocycles. The number of aliphatic hydroxyl groups is 2. The minimum absolute atomic E-state index is 0.233. The maximum absolute atomic E-state index is 12.2. The Morgan fingerprint density at radius 1 is 1.40 bits per heavy atom. The zero-order valence-corrected chi connectivity index (χ0v) is 11.1. The number of benzene rings is 1. The van der Waals surface area contributed by atoms with Crippen LogP contribution in [0.25, 0.3) is 10.9 Å². The Morgan fingerprint density at radius 2 is 2.10 bits per heavy atom. The fraction of sp³-hybridized carbons (Fsp3) is 0.385. The number of methoxy groups -OCH3 is 1. The molecular formula is C13H17N3O4. The molecule has 1 amide bonds. The Kier molecular flexibility index (Phi) is 4.67. The lowest BCUT2D eigenvalue weighted by Gasteiger charge is -2.11. The van der Waals surface area contributed by atoms with Crippen LogP contribution in [0.2, 0.25) is 0 Å². The molecule has 0 radical (unpaired) electrons. The average Bonchev–Trinajstić information content (AvgIpc) is 2.84. The number of nitrogens with one attached hydrogen (secondary N) is 1. The first kappa shape index (κ1) is 14.4. The maximum atomic E-state index is 12.2. The van der Waals surface area contributed by atoms with Crippen LogP contribution in [0.4, 0.5) is 0 Å². The molecule has 0 aliphatic rings. The number of carbonyl (C=O) groups is 1. The number of ether oxygens (including phenoxy) is 1. The number of aliphatic hydroxyl groups excluding tert-OH is 2. The number of rotatable bonds is 6. The van der Waals surface area contributed by atoms with Gasteiger partial charge in [0, 0.05) is 12.5 Å². The molecule has 1 aromatic carbocycles. The Balaban J connectivity index is 2.36. The average molecular weight is 279 g/mol. The highest BCUT2D eigenvalue weighted by atomic mass is 16.5. The molecule has 0 saturated carbocycles. The van der Waals surface area contributed by atoms with E-state index in [1.807, 2.05) is 18.2 Å². The lowest BCUT2D eigenvalue weighted by molar-refractivity contribution is 0.0870. The quantitative estimate of drug-likeness (QED) is 0.676. The van der Waals surface area contributed by atoms with E-state index in [1.165, 1.54) is 0 Å². The van der Waals surface area contributed by atoms with Crippen molar-refractivity contribution in [2.75, 3.05) is 20.3 Å². The van der Waals surface area contributed by atoms with Crippen molar-refractivity contribution in [3.8, 4) is 0 Å². The number of hydrogen-bond donors (Lipinski definition) is 3. The molecule has 2 aromatic rings. The number of fused-ring (bicyclic) bond motifs is 1. The molecule has 1 aromatic heterocycles. The predicted octanol–water partition coefficient (Wildman–Crippen LogP) is -0.277. The minimum atomic E-state index is -0.700. The van der Waals surface area contributed by atoms with E-state index in [2.05, 4.69) is 10.4 Å². The summed E-state index contributed by atoms with van der Waals surface area (Å²) < 4.78 is 6.62. The number of amides is 1. The van der Waals surface area contributed by atoms with Gasteiger partial charge in [0.15, 0.2) is 5.69 Å². The molecule has 0 spiro atoms. The second-order valence-electron chi connectivity index (χ2n) is 4.32. The molecule has 0 aliphatic carbocycles. The van der Waals surface area contributed by atoms with Crippen LogP contribution in [0.3, 0.4) is 0 Å². The van der Waals surface area contributed by atoms with Gasteiger partial charge in [-0.15, -0.1) is 0 Å². The highest BCUT2D eigenvalue weighted by Crippen LogP contribution is 2.18. The Morgan fingerprint density at radius 3 is 2.75 bits per heavy atom. The zero-order chi connectivity index (χ0) is 14.5. The lowest BCUT2D eigenvalue weighted by atomic mass is 10.2. The van der Waals surface area contributed by atoms with E-state index in [4.69, 9.17) is 14.9 Å². The highest BCUT2D eigenvalue weighted by molar-refractivity contribution is 6.04. The summed E-state index contributed by atoms with van der Waals surface area (Å²) in [6, 6.07) is 6.59. The van der Waals surface area contributed by atoms with Gasteiger partial charge in [0.25, 0.3) is 5.91 Å². The highest BCUT2D eigenvalue weighted by Gasteiger charge is 2.19. The Labute approximate surface area is 115 Å². The van der Waals surface area contributed by atoms with Gasteiger partial charge in [-0.2, -0.15) is 5.10 Å². The van der Waals surface area contributed by atoms with Gasteiger partial charge >= 0.3 is 0 Å². The van der Waals surface area contributed by atoms with Crippen molar-refractivity contribution < 1.29 is 19.7 Å². The molecule has 0 fully saturated rings. The predicted molar refractivity (Wildman–Crippen MR) is 72.2 cm³/mol. The summed E-state index contributed by atoms with van der Waals surface area (Å²) in [4.78, 5) is 12.2. The van der Waals surface area contributed by atoms with Gasteiger partial charge in [-0.1, -0.05) is 18.2 Å². The number of carbonyl (C=O) groups excluding carboxylic acids is 1. The smallest absolute Gasteiger partial charge is 0.272 e. The summed E-state index contributed by atoms with van der Waals surface area (Å²) in [5, 5.41) is 25.4. The van der Waals surface area contributed by atoms with E-state index >= 15 is 0 Å². The van der Waals surface area contributed by atoms with Crippen molar-refractivity contribution in [3.05, 3.63) is 30.0 Å². The van der Waals surface area contributed by atoms with Crippen molar-refractivity contribution in [2.45, 2.75) is 12.8 Å². The molecular weight excluding hydrogens is 262 g/mol. The van der Waals surface area contributed by atoms with Crippen molar-refractivity contribution in [1.29, 1.82) is 0 Å². The molecule has 108 valence electrons. The third kappa shape index (κ3) is 2.79. The first-order valence-corrected chi connectivity index (χ1v) is 6.18. The number of para-hydroxylation sites is 1. The van der Waals surface area contributed by atoms with Gasteiger partial charge < -0.3 is 20.3 Å². The molecule has 7 nitrogen and oxygen atoms in total. The number of hydrogen-bond acceptors (Lipinski definition) is 5. The SMILES string of the molecule is COCn1nc(C(=O)NC(CO)CO)c2ccccc21. The summed E-state index contributed by atoms with van der Waals surface area (Å²) in [6.07, 6.45) is 0. The third-order valence-corrected chi connectivity index (χ3v) is 2.90.